The van der Waals surface area contributed by atoms with E-state index in [1.165, 1.54) is 17.7 Å². The van der Waals surface area contributed by atoms with E-state index in [1.54, 1.807) is 11.3 Å². The molecule has 1 saturated carbocycles. The van der Waals surface area contributed by atoms with Crippen molar-refractivity contribution in [3.63, 3.8) is 0 Å². The lowest BCUT2D eigenvalue weighted by Gasteiger charge is -2.45. The van der Waals surface area contributed by atoms with Gasteiger partial charge >= 0.3 is 0 Å². The number of halogens is 1. The largest absolute Gasteiger partial charge is 0.309 e. The molecule has 0 aromatic carbocycles. The highest BCUT2D eigenvalue weighted by atomic mass is 35.5. The average Bonchev–Trinajstić information content (AvgIpc) is 2.50. The average molecular weight is 230 g/mol. The van der Waals surface area contributed by atoms with E-state index in [0.29, 0.717) is 11.5 Å². The molecule has 0 aliphatic heterocycles. The van der Waals surface area contributed by atoms with Crippen LogP contribution in [-0.2, 0) is 6.54 Å². The maximum Gasteiger partial charge on any atom is 0.0931 e. The first-order valence-corrected chi connectivity index (χ1v) is 6.25. The molecule has 1 aromatic heterocycles. The van der Waals surface area contributed by atoms with Crippen molar-refractivity contribution in [3.05, 3.63) is 21.3 Å². The molecule has 14 heavy (non-hydrogen) atoms. The molecule has 0 saturated heterocycles. The van der Waals surface area contributed by atoms with Crippen molar-refractivity contribution < 1.29 is 0 Å². The molecule has 0 radical (unpaired) electrons. The fraction of sp³-hybridized carbons (Fsp3) is 0.636. The van der Waals surface area contributed by atoms with Gasteiger partial charge in [0.15, 0.2) is 0 Å². The second-order valence-electron chi connectivity index (χ2n) is 4.67. The van der Waals surface area contributed by atoms with Gasteiger partial charge in [0.05, 0.1) is 4.34 Å². The molecule has 1 aromatic rings. The van der Waals surface area contributed by atoms with Crippen LogP contribution < -0.4 is 5.32 Å². The summed E-state index contributed by atoms with van der Waals surface area (Å²) in [5.41, 5.74) is 0.487. The van der Waals surface area contributed by atoms with Crippen LogP contribution in [0.1, 0.15) is 31.6 Å². The first-order chi connectivity index (χ1) is 6.58. The van der Waals surface area contributed by atoms with Crippen LogP contribution in [0.3, 0.4) is 0 Å². The first-order valence-electron chi connectivity index (χ1n) is 5.05. The Morgan fingerprint density at radius 1 is 1.57 bits per heavy atom. The van der Waals surface area contributed by atoms with Gasteiger partial charge in [-0.1, -0.05) is 25.4 Å². The third-order valence-electron chi connectivity index (χ3n) is 3.17. The summed E-state index contributed by atoms with van der Waals surface area (Å²) in [6, 6.07) is 4.75. The Balaban J connectivity index is 1.83. The Kier molecular flexibility index (Phi) is 2.87. The third-order valence-corrected chi connectivity index (χ3v) is 4.40. The first kappa shape index (κ1) is 10.5. The molecule has 3 heteroatoms. The summed E-state index contributed by atoms with van der Waals surface area (Å²) in [7, 11) is 0. The second-order valence-corrected chi connectivity index (χ2v) is 6.47. The number of rotatable bonds is 3. The van der Waals surface area contributed by atoms with Crippen molar-refractivity contribution in [1.29, 1.82) is 0 Å². The van der Waals surface area contributed by atoms with Gasteiger partial charge in [-0.3, -0.25) is 0 Å². The van der Waals surface area contributed by atoms with Gasteiger partial charge in [-0.15, -0.1) is 11.3 Å². The van der Waals surface area contributed by atoms with Gasteiger partial charge < -0.3 is 5.32 Å². The highest BCUT2D eigenvalue weighted by Gasteiger charge is 2.37. The Morgan fingerprint density at radius 3 is 2.79 bits per heavy atom. The Bertz CT molecular complexity index is 319. The maximum absolute atomic E-state index is 5.87. The molecule has 1 aliphatic carbocycles. The lowest BCUT2D eigenvalue weighted by atomic mass is 9.67. The molecular weight excluding hydrogens is 214 g/mol. The van der Waals surface area contributed by atoms with E-state index in [4.69, 9.17) is 11.6 Å². The van der Waals surface area contributed by atoms with Crippen LogP contribution in [0.25, 0.3) is 0 Å². The number of hydrogen-bond donors (Lipinski definition) is 1. The summed E-state index contributed by atoms with van der Waals surface area (Å²) in [4.78, 5) is 1.33. The minimum atomic E-state index is 0.487. The molecule has 78 valence electrons. The predicted molar refractivity (Wildman–Crippen MR) is 63.0 cm³/mol. The molecule has 1 N–H and O–H groups in total. The van der Waals surface area contributed by atoms with Crippen molar-refractivity contribution in [2.75, 3.05) is 0 Å². The van der Waals surface area contributed by atoms with Crippen molar-refractivity contribution in [2.24, 2.45) is 5.41 Å². The fourth-order valence-corrected chi connectivity index (χ4v) is 2.95. The zero-order chi connectivity index (χ0) is 10.2. The number of thiophene rings is 1. The monoisotopic (exact) mass is 229 g/mol. The second kappa shape index (κ2) is 3.84. The standard InChI is InChI=1S/C11H16ClNS/c1-11(2)6-5-9(11)13-7-8-3-4-10(12)14-8/h3-4,9,13H,5-7H2,1-2H3. The zero-order valence-electron chi connectivity index (χ0n) is 8.64. The molecule has 1 heterocycles. The SMILES string of the molecule is CC1(C)CCC1NCc1ccc(Cl)s1. The van der Waals surface area contributed by atoms with E-state index in [2.05, 4.69) is 25.2 Å². The molecule has 0 bridgehead atoms. The van der Waals surface area contributed by atoms with E-state index in [0.717, 1.165) is 10.9 Å². The molecule has 0 spiro atoms. The lowest BCUT2D eigenvalue weighted by Crippen LogP contribution is -2.49. The molecule has 1 fully saturated rings. The van der Waals surface area contributed by atoms with Gasteiger partial charge in [0.1, 0.15) is 0 Å². The Hall–Kier alpha value is -0.0500. The summed E-state index contributed by atoms with van der Waals surface area (Å²) in [5.74, 6) is 0. The zero-order valence-corrected chi connectivity index (χ0v) is 10.2. The quantitative estimate of drug-likeness (QED) is 0.834. The Morgan fingerprint density at radius 2 is 2.36 bits per heavy atom. The maximum atomic E-state index is 5.87. The highest BCUT2D eigenvalue weighted by Crippen LogP contribution is 2.40. The minimum Gasteiger partial charge on any atom is -0.309 e. The lowest BCUT2D eigenvalue weighted by molar-refractivity contribution is 0.108. The van der Waals surface area contributed by atoms with E-state index >= 15 is 0 Å². The Labute approximate surface area is 94.5 Å². The molecular formula is C11H16ClNS. The predicted octanol–water partition coefficient (Wildman–Crippen LogP) is 3.68. The van der Waals surface area contributed by atoms with Crippen LogP contribution in [0.15, 0.2) is 12.1 Å². The van der Waals surface area contributed by atoms with E-state index < -0.39 is 0 Å². The van der Waals surface area contributed by atoms with Crippen LogP contribution in [0.2, 0.25) is 4.34 Å². The van der Waals surface area contributed by atoms with Crippen molar-refractivity contribution in [3.8, 4) is 0 Å². The minimum absolute atomic E-state index is 0.487. The van der Waals surface area contributed by atoms with Crippen LogP contribution in [0.4, 0.5) is 0 Å². The molecule has 2 rings (SSSR count). The van der Waals surface area contributed by atoms with Gasteiger partial charge in [-0.05, 0) is 30.4 Å². The van der Waals surface area contributed by atoms with E-state index in [9.17, 15) is 0 Å². The van der Waals surface area contributed by atoms with Crippen LogP contribution in [-0.4, -0.2) is 6.04 Å². The van der Waals surface area contributed by atoms with Crippen molar-refractivity contribution in [1.82, 2.24) is 5.32 Å². The normalized spacial score (nSPS) is 24.6. The summed E-state index contributed by atoms with van der Waals surface area (Å²) < 4.78 is 0.884. The van der Waals surface area contributed by atoms with Gasteiger partial charge in [0, 0.05) is 17.5 Å². The number of nitrogens with one attached hydrogen (secondary N) is 1. The van der Waals surface area contributed by atoms with Crippen molar-refractivity contribution >= 4 is 22.9 Å². The highest BCUT2D eigenvalue weighted by molar-refractivity contribution is 7.16. The molecule has 0 amide bonds. The molecule has 1 atom stereocenters. The van der Waals surface area contributed by atoms with Gasteiger partial charge in [-0.2, -0.15) is 0 Å². The van der Waals surface area contributed by atoms with Gasteiger partial charge in [0.25, 0.3) is 0 Å². The number of hydrogen-bond acceptors (Lipinski definition) is 2. The summed E-state index contributed by atoms with van der Waals surface area (Å²) in [5, 5.41) is 3.59. The molecule has 1 aliphatic rings. The van der Waals surface area contributed by atoms with Crippen LogP contribution in [0.5, 0.6) is 0 Å². The summed E-state index contributed by atoms with van der Waals surface area (Å²) in [6.45, 7) is 5.62. The van der Waals surface area contributed by atoms with E-state index in [-0.39, 0.29) is 0 Å². The van der Waals surface area contributed by atoms with Crippen LogP contribution in [0, 0.1) is 5.41 Å². The van der Waals surface area contributed by atoms with Crippen molar-refractivity contribution in [2.45, 2.75) is 39.3 Å². The molecule has 1 unspecified atom stereocenters. The van der Waals surface area contributed by atoms with Crippen LogP contribution >= 0.6 is 22.9 Å². The molecule has 1 nitrogen and oxygen atoms in total. The summed E-state index contributed by atoms with van der Waals surface area (Å²) >= 11 is 7.54. The third kappa shape index (κ3) is 2.13. The smallest absolute Gasteiger partial charge is 0.0931 e. The van der Waals surface area contributed by atoms with Gasteiger partial charge in [0.2, 0.25) is 0 Å². The summed E-state index contributed by atoms with van der Waals surface area (Å²) in [6.07, 6.45) is 2.65. The van der Waals surface area contributed by atoms with E-state index in [1.807, 2.05) is 6.07 Å². The topological polar surface area (TPSA) is 12.0 Å². The van der Waals surface area contributed by atoms with Gasteiger partial charge in [-0.25, -0.2) is 0 Å². The fourth-order valence-electron chi connectivity index (χ4n) is 1.91.